The molecule has 11 nitrogen and oxygen atoms in total. The molecule has 0 unspecified atom stereocenters. The first-order chi connectivity index (χ1) is 14.9. The fourth-order valence-electron chi connectivity index (χ4n) is 2.58. The normalized spacial score (nSPS) is 10.4. The Hall–Kier alpha value is -3.93. The zero-order valence-electron chi connectivity index (χ0n) is 16.6. The summed E-state index contributed by atoms with van der Waals surface area (Å²) in [6.07, 6.45) is 0. The van der Waals surface area contributed by atoms with Crippen LogP contribution in [0, 0.1) is 10.1 Å². The van der Waals surface area contributed by atoms with E-state index in [2.05, 4.69) is 21.0 Å². The highest BCUT2D eigenvalue weighted by Gasteiger charge is 2.15. The van der Waals surface area contributed by atoms with E-state index in [0.717, 1.165) is 23.4 Å². The maximum atomic E-state index is 12.1. The number of methoxy groups -OCH3 is 1. The fourth-order valence-corrected chi connectivity index (χ4v) is 3.29. The van der Waals surface area contributed by atoms with Gasteiger partial charge in [-0.3, -0.25) is 30.6 Å². The van der Waals surface area contributed by atoms with E-state index in [1.165, 1.54) is 18.2 Å². The summed E-state index contributed by atoms with van der Waals surface area (Å²) in [5.74, 6) is 0.129. The van der Waals surface area contributed by atoms with Gasteiger partial charge in [0.15, 0.2) is 11.0 Å². The largest absolute Gasteiger partial charge is 0.497 e. The molecule has 31 heavy (non-hydrogen) atoms. The summed E-state index contributed by atoms with van der Waals surface area (Å²) in [5, 5.41) is 19.6. The minimum atomic E-state index is -0.666. The molecular weight excluding hydrogens is 424 g/mol. The topological polar surface area (TPSA) is 141 Å². The van der Waals surface area contributed by atoms with Gasteiger partial charge in [0.1, 0.15) is 5.75 Å². The minimum Gasteiger partial charge on any atom is -0.497 e. The van der Waals surface area contributed by atoms with E-state index in [1.807, 2.05) is 24.3 Å². The third kappa shape index (κ3) is 5.36. The van der Waals surface area contributed by atoms with E-state index in [1.54, 1.807) is 18.7 Å². The molecule has 2 amide bonds. The van der Waals surface area contributed by atoms with Crippen LogP contribution in [0.5, 0.6) is 5.75 Å². The molecule has 2 aromatic carbocycles. The van der Waals surface area contributed by atoms with Crippen molar-refractivity contribution in [3.8, 4) is 17.1 Å². The number of rotatable bonds is 7. The molecule has 0 fully saturated rings. The summed E-state index contributed by atoms with van der Waals surface area (Å²) in [7, 11) is 3.35. The second kappa shape index (κ2) is 9.71. The predicted octanol–water partition coefficient (Wildman–Crippen LogP) is 1.95. The third-order valence-electron chi connectivity index (χ3n) is 4.13. The van der Waals surface area contributed by atoms with Gasteiger partial charge in [-0.2, -0.15) is 0 Å². The first-order valence-corrected chi connectivity index (χ1v) is 9.88. The average molecular weight is 442 g/mol. The molecule has 0 aliphatic carbocycles. The Kier molecular flexibility index (Phi) is 6.82. The van der Waals surface area contributed by atoms with E-state index in [4.69, 9.17) is 4.74 Å². The molecule has 1 aromatic heterocycles. The van der Waals surface area contributed by atoms with Gasteiger partial charge in [-0.05, 0) is 18.2 Å². The Morgan fingerprint density at radius 2 is 1.94 bits per heavy atom. The Morgan fingerprint density at radius 3 is 2.68 bits per heavy atom. The lowest BCUT2D eigenvalue weighted by molar-refractivity contribution is -0.384. The van der Waals surface area contributed by atoms with Gasteiger partial charge in [0.05, 0.1) is 17.8 Å². The highest BCUT2D eigenvalue weighted by atomic mass is 32.2. The average Bonchev–Trinajstić information content (AvgIpc) is 3.16. The van der Waals surface area contributed by atoms with Gasteiger partial charge in [-0.15, -0.1) is 10.2 Å². The molecular formula is C19H18N6O5S. The van der Waals surface area contributed by atoms with Crippen molar-refractivity contribution in [3.63, 3.8) is 0 Å². The maximum Gasteiger partial charge on any atom is 0.270 e. The molecule has 3 rings (SSSR count). The zero-order valence-corrected chi connectivity index (χ0v) is 17.4. The standard InChI is InChI=1S/C19H18N6O5S/c1-24-17(12-5-4-8-15(10-12)30-2)21-23-19(24)31-11-16(26)20-22-18(27)13-6-3-7-14(9-13)25(28)29/h3-10H,11H2,1-2H3,(H,20,26)(H,22,27). The minimum absolute atomic E-state index is 0.0285. The number of hydrogen-bond donors (Lipinski definition) is 2. The lowest BCUT2D eigenvalue weighted by Crippen LogP contribution is -2.42. The van der Waals surface area contributed by atoms with Crippen LogP contribution in [0.25, 0.3) is 11.4 Å². The van der Waals surface area contributed by atoms with E-state index < -0.39 is 16.7 Å². The van der Waals surface area contributed by atoms with Crippen LogP contribution in [0.4, 0.5) is 5.69 Å². The van der Waals surface area contributed by atoms with Gasteiger partial charge in [0.2, 0.25) is 5.91 Å². The van der Waals surface area contributed by atoms with Crippen LogP contribution in [-0.4, -0.2) is 44.4 Å². The summed E-state index contributed by atoms with van der Waals surface area (Å²) in [5.41, 5.74) is 5.15. The lowest BCUT2D eigenvalue weighted by atomic mass is 10.2. The van der Waals surface area contributed by atoms with E-state index in [-0.39, 0.29) is 17.0 Å². The van der Waals surface area contributed by atoms with Crippen molar-refractivity contribution >= 4 is 29.3 Å². The van der Waals surface area contributed by atoms with Crippen LogP contribution in [0.1, 0.15) is 10.4 Å². The second-order valence-electron chi connectivity index (χ2n) is 6.20. The fraction of sp³-hybridized carbons (Fsp3) is 0.158. The number of thioether (sulfide) groups is 1. The Balaban J connectivity index is 1.55. The van der Waals surface area contributed by atoms with Crippen molar-refractivity contribution in [2.75, 3.05) is 12.9 Å². The van der Waals surface area contributed by atoms with Gasteiger partial charge in [0.25, 0.3) is 11.6 Å². The molecule has 160 valence electrons. The van der Waals surface area contributed by atoms with Crippen LogP contribution >= 0.6 is 11.8 Å². The molecule has 0 spiro atoms. The quantitative estimate of drug-likeness (QED) is 0.321. The molecule has 0 bridgehead atoms. The number of nitrogens with zero attached hydrogens (tertiary/aromatic N) is 4. The summed E-state index contributed by atoms with van der Waals surface area (Å²) >= 11 is 1.14. The van der Waals surface area contributed by atoms with E-state index in [0.29, 0.717) is 16.7 Å². The highest BCUT2D eigenvalue weighted by molar-refractivity contribution is 7.99. The first-order valence-electron chi connectivity index (χ1n) is 8.89. The number of nitro groups is 1. The van der Waals surface area contributed by atoms with Gasteiger partial charge < -0.3 is 9.30 Å². The summed E-state index contributed by atoms with van der Waals surface area (Å²) in [6.45, 7) is 0. The molecule has 0 saturated carbocycles. The van der Waals surface area contributed by atoms with Crippen molar-refractivity contribution in [1.29, 1.82) is 0 Å². The van der Waals surface area contributed by atoms with Crippen LogP contribution in [0.15, 0.2) is 53.7 Å². The van der Waals surface area contributed by atoms with Crippen molar-refractivity contribution < 1.29 is 19.2 Å². The molecule has 0 aliphatic heterocycles. The number of benzene rings is 2. The summed E-state index contributed by atoms with van der Waals surface area (Å²) in [6, 6.07) is 12.5. The SMILES string of the molecule is COc1cccc(-c2nnc(SCC(=O)NNC(=O)c3cccc([N+](=O)[O-])c3)n2C)c1. The molecule has 0 radical (unpaired) electrons. The van der Waals surface area contributed by atoms with Crippen molar-refractivity contribution in [1.82, 2.24) is 25.6 Å². The van der Waals surface area contributed by atoms with Crippen LogP contribution < -0.4 is 15.6 Å². The molecule has 3 aromatic rings. The summed E-state index contributed by atoms with van der Waals surface area (Å²) < 4.78 is 6.96. The number of hydrogen-bond acceptors (Lipinski definition) is 8. The number of nitrogens with one attached hydrogen (secondary N) is 2. The number of aromatic nitrogens is 3. The number of nitro benzene ring substituents is 1. The Labute approximate surface area is 180 Å². The second-order valence-corrected chi connectivity index (χ2v) is 7.14. The molecule has 1 heterocycles. The van der Waals surface area contributed by atoms with Crippen LogP contribution in [-0.2, 0) is 11.8 Å². The third-order valence-corrected chi connectivity index (χ3v) is 5.15. The number of amides is 2. The van der Waals surface area contributed by atoms with Crippen LogP contribution in [0.2, 0.25) is 0 Å². The smallest absolute Gasteiger partial charge is 0.270 e. The zero-order chi connectivity index (χ0) is 22.4. The van der Waals surface area contributed by atoms with E-state index in [9.17, 15) is 19.7 Å². The van der Waals surface area contributed by atoms with Crippen LogP contribution in [0.3, 0.4) is 0 Å². The Morgan fingerprint density at radius 1 is 1.16 bits per heavy atom. The monoisotopic (exact) mass is 442 g/mol. The van der Waals surface area contributed by atoms with Gasteiger partial charge in [-0.25, -0.2) is 0 Å². The van der Waals surface area contributed by atoms with E-state index >= 15 is 0 Å². The lowest BCUT2D eigenvalue weighted by Gasteiger charge is -2.08. The van der Waals surface area contributed by atoms with Gasteiger partial charge in [0, 0.05) is 30.3 Å². The molecule has 12 heteroatoms. The summed E-state index contributed by atoms with van der Waals surface area (Å²) in [4.78, 5) is 34.3. The first kappa shape index (κ1) is 21.8. The molecule has 2 N–H and O–H groups in total. The Bertz CT molecular complexity index is 1130. The van der Waals surface area contributed by atoms with Crippen molar-refractivity contribution in [2.45, 2.75) is 5.16 Å². The number of carbonyl (C=O) groups is 2. The maximum absolute atomic E-state index is 12.1. The van der Waals surface area contributed by atoms with Gasteiger partial charge >= 0.3 is 0 Å². The predicted molar refractivity (Wildman–Crippen MR) is 112 cm³/mol. The number of carbonyl (C=O) groups excluding carboxylic acids is 2. The number of hydrazine groups is 1. The van der Waals surface area contributed by atoms with Crippen molar-refractivity contribution in [3.05, 3.63) is 64.2 Å². The number of non-ortho nitro benzene ring substituents is 1. The molecule has 0 aliphatic rings. The van der Waals surface area contributed by atoms with Crippen molar-refractivity contribution in [2.24, 2.45) is 7.05 Å². The highest BCUT2D eigenvalue weighted by Crippen LogP contribution is 2.25. The molecule has 0 saturated heterocycles. The molecule has 0 atom stereocenters. The number of ether oxygens (including phenoxy) is 1. The van der Waals surface area contributed by atoms with Gasteiger partial charge in [-0.1, -0.05) is 30.0 Å².